The van der Waals surface area contributed by atoms with Crippen LogP contribution in [0.25, 0.3) is 22.6 Å². The van der Waals surface area contributed by atoms with Gasteiger partial charge in [0, 0.05) is 29.7 Å². The molecule has 6 rings (SSSR count). The molecule has 1 aromatic carbocycles. The Bertz CT molecular complexity index is 1440. The molecule has 3 aromatic heterocycles. The molecule has 0 saturated carbocycles. The van der Waals surface area contributed by atoms with E-state index >= 15 is 0 Å². The van der Waals surface area contributed by atoms with Crippen molar-refractivity contribution in [2.24, 2.45) is 5.92 Å². The van der Waals surface area contributed by atoms with E-state index in [1.165, 1.54) is 17.0 Å². The largest absolute Gasteiger partial charge is 0.391 e. The predicted octanol–water partition coefficient (Wildman–Crippen LogP) is 3.47. The summed E-state index contributed by atoms with van der Waals surface area (Å²) < 4.78 is 25.4. The van der Waals surface area contributed by atoms with Gasteiger partial charge in [-0.3, -0.25) is 4.79 Å². The molecule has 10 nitrogen and oxygen atoms in total. The number of carbonyl (C=O) groups is 1. The molecule has 4 aromatic rings. The van der Waals surface area contributed by atoms with Gasteiger partial charge in [0.25, 0.3) is 0 Å². The van der Waals surface area contributed by atoms with Crippen LogP contribution in [0.4, 0.5) is 10.3 Å². The van der Waals surface area contributed by atoms with Crippen LogP contribution < -0.4 is 5.32 Å². The van der Waals surface area contributed by atoms with Crippen LogP contribution in [0.3, 0.4) is 0 Å². The molecule has 1 atom stereocenters. The summed E-state index contributed by atoms with van der Waals surface area (Å²) in [7, 11) is 0. The number of thiophene rings is 1. The number of aromatic nitrogens is 4. The Balaban J connectivity index is 1.18. The van der Waals surface area contributed by atoms with Crippen molar-refractivity contribution in [3.8, 4) is 22.6 Å². The van der Waals surface area contributed by atoms with E-state index in [4.69, 9.17) is 19.4 Å². The summed E-state index contributed by atoms with van der Waals surface area (Å²) in [5.41, 5.74) is 2.65. The molecule has 2 saturated heterocycles. The molecule has 12 heteroatoms. The van der Waals surface area contributed by atoms with Gasteiger partial charge < -0.3 is 29.8 Å². The van der Waals surface area contributed by atoms with Crippen molar-refractivity contribution in [1.82, 2.24) is 24.8 Å². The number of aliphatic hydroxyl groups excluding tert-OH is 1. The van der Waals surface area contributed by atoms with Crippen molar-refractivity contribution >= 4 is 23.2 Å². The van der Waals surface area contributed by atoms with Gasteiger partial charge in [0.2, 0.25) is 11.9 Å². The number of rotatable bonds is 8. The third kappa shape index (κ3) is 6.04. The Morgan fingerprint density at radius 2 is 2.00 bits per heavy atom. The summed E-state index contributed by atoms with van der Waals surface area (Å²) in [6, 6.07) is 12.0. The third-order valence-electron chi connectivity index (χ3n) is 6.93. The number of β-amino-alcohol motifs (C(OH)–C–C–N with tert-alkyl or cyclic N) is 1. The lowest BCUT2D eigenvalue weighted by Crippen LogP contribution is -2.44. The molecular formula is C28H29FN6O4S. The number of amides is 1. The average Bonchev–Trinajstić information content (AvgIpc) is 3.74. The first-order valence-electron chi connectivity index (χ1n) is 13.2. The molecule has 2 aliphatic heterocycles. The normalized spacial score (nSPS) is 21.1. The molecule has 1 unspecified atom stereocenters. The van der Waals surface area contributed by atoms with Gasteiger partial charge in [-0.25, -0.2) is 19.3 Å². The minimum absolute atomic E-state index is 0.0545. The Hall–Kier alpha value is -3.71. The van der Waals surface area contributed by atoms with Gasteiger partial charge in [-0.2, -0.15) is 0 Å². The number of benzene rings is 1. The van der Waals surface area contributed by atoms with E-state index in [1.54, 1.807) is 40.6 Å². The summed E-state index contributed by atoms with van der Waals surface area (Å²) in [5.74, 6) is 0.302. The summed E-state index contributed by atoms with van der Waals surface area (Å²) in [4.78, 5) is 32.8. The fourth-order valence-electron chi connectivity index (χ4n) is 4.85. The number of aromatic amines is 1. The zero-order valence-electron chi connectivity index (χ0n) is 21.6. The van der Waals surface area contributed by atoms with E-state index in [-0.39, 0.29) is 24.9 Å². The van der Waals surface area contributed by atoms with Crippen LogP contribution >= 0.6 is 11.3 Å². The van der Waals surface area contributed by atoms with Crippen molar-refractivity contribution in [2.75, 3.05) is 31.6 Å². The van der Waals surface area contributed by atoms with Crippen molar-refractivity contribution in [1.29, 1.82) is 0 Å². The number of H-pyrrole nitrogens is 1. The van der Waals surface area contributed by atoms with Crippen LogP contribution in [-0.4, -0.2) is 74.5 Å². The molecule has 0 bridgehead atoms. The lowest BCUT2D eigenvalue weighted by Gasteiger charge is -2.30. The zero-order chi connectivity index (χ0) is 27.5. The molecule has 0 radical (unpaired) electrons. The Morgan fingerprint density at radius 3 is 2.73 bits per heavy atom. The molecule has 40 heavy (non-hydrogen) atoms. The monoisotopic (exact) mass is 564 g/mol. The number of anilines is 1. The summed E-state index contributed by atoms with van der Waals surface area (Å²) >= 11 is 1.65. The standard InChI is InChI=1S/C28H29FN6O4S/c29-19-5-3-17(4-6-19)25-26(22-7-9-30-28(32-22)31-13-21-2-1-11-40-21)34-23(33-25)12-24-38-15-18(16-39-24)27(37)35-10-8-20(36)14-35/h1-7,9,11,18,20,24,36H,8,10,12-16H2,(H,33,34)(H,30,31,32). The molecule has 1 amide bonds. The highest BCUT2D eigenvalue weighted by atomic mass is 32.1. The van der Waals surface area contributed by atoms with E-state index < -0.39 is 18.3 Å². The SMILES string of the molecule is O=C(C1COC(Cc2nc(-c3ccc(F)cc3)c(-c3ccnc(NCc4cccs4)n3)[nH]2)OC1)N1CCC(O)C1. The van der Waals surface area contributed by atoms with Crippen LogP contribution in [0.5, 0.6) is 0 Å². The van der Waals surface area contributed by atoms with Crippen molar-refractivity contribution in [2.45, 2.75) is 31.8 Å². The molecular weight excluding hydrogens is 535 g/mol. The van der Waals surface area contributed by atoms with Gasteiger partial charge in [-0.15, -0.1) is 11.3 Å². The van der Waals surface area contributed by atoms with Crippen molar-refractivity contribution in [3.05, 3.63) is 70.6 Å². The minimum Gasteiger partial charge on any atom is -0.391 e. The average molecular weight is 565 g/mol. The van der Waals surface area contributed by atoms with Crippen LogP contribution in [-0.2, 0) is 27.2 Å². The van der Waals surface area contributed by atoms with Gasteiger partial charge in [0.05, 0.1) is 55.3 Å². The zero-order valence-corrected chi connectivity index (χ0v) is 22.4. The van der Waals surface area contributed by atoms with Gasteiger partial charge in [0.15, 0.2) is 6.29 Å². The lowest BCUT2D eigenvalue weighted by atomic mass is 10.1. The summed E-state index contributed by atoms with van der Waals surface area (Å²) in [6.45, 7) is 1.99. The fourth-order valence-corrected chi connectivity index (χ4v) is 5.49. The Kier molecular flexibility index (Phi) is 7.82. The first kappa shape index (κ1) is 26.5. The smallest absolute Gasteiger partial charge is 0.230 e. The van der Waals surface area contributed by atoms with Gasteiger partial charge >= 0.3 is 0 Å². The van der Waals surface area contributed by atoms with Gasteiger partial charge in [-0.1, -0.05) is 6.07 Å². The summed E-state index contributed by atoms with van der Waals surface area (Å²) in [5, 5.41) is 15.0. The number of hydrogen-bond donors (Lipinski definition) is 3. The number of nitrogens with zero attached hydrogens (tertiary/aromatic N) is 4. The fraction of sp³-hybridized carbons (Fsp3) is 0.357. The van der Waals surface area contributed by atoms with Crippen LogP contribution in [0.2, 0.25) is 0 Å². The van der Waals surface area contributed by atoms with Crippen molar-refractivity contribution < 1.29 is 23.8 Å². The van der Waals surface area contributed by atoms with Crippen LogP contribution in [0.15, 0.2) is 54.0 Å². The molecule has 5 heterocycles. The minimum atomic E-state index is -0.582. The molecule has 0 spiro atoms. The number of ether oxygens (including phenoxy) is 2. The molecule has 208 valence electrons. The number of hydrogen-bond acceptors (Lipinski definition) is 9. The van der Waals surface area contributed by atoms with E-state index in [0.717, 1.165) is 5.56 Å². The highest BCUT2D eigenvalue weighted by Gasteiger charge is 2.34. The van der Waals surface area contributed by atoms with Crippen LogP contribution in [0.1, 0.15) is 17.1 Å². The maximum absolute atomic E-state index is 13.7. The highest BCUT2D eigenvalue weighted by molar-refractivity contribution is 7.09. The maximum Gasteiger partial charge on any atom is 0.230 e. The Morgan fingerprint density at radius 1 is 1.18 bits per heavy atom. The number of aliphatic hydroxyl groups is 1. The number of nitrogens with one attached hydrogen (secondary N) is 2. The predicted molar refractivity (Wildman–Crippen MR) is 147 cm³/mol. The second kappa shape index (κ2) is 11.8. The second-order valence-corrected chi connectivity index (χ2v) is 10.9. The van der Waals surface area contributed by atoms with Crippen molar-refractivity contribution in [3.63, 3.8) is 0 Å². The quantitative estimate of drug-likeness (QED) is 0.297. The topological polar surface area (TPSA) is 125 Å². The third-order valence-corrected chi connectivity index (χ3v) is 7.81. The lowest BCUT2D eigenvalue weighted by molar-refractivity contribution is -0.204. The second-order valence-electron chi connectivity index (χ2n) is 9.84. The first-order chi connectivity index (χ1) is 19.5. The maximum atomic E-state index is 13.7. The van der Waals surface area contributed by atoms with E-state index in [9.17, 15) is 14.3 Å². The number of halogens is 1. The van der Waals surface area contributed by atoms with Gasteiger partial charge in [-0.05, 0) is 48.2 Å². The van der Waals surface area contributed by atoms with E-state index in [1.807, 2.05) is 17.5 Å². The van der Waals surface area contributed by atoms with Crippen LogP contribution in [0, 0.1) is 11.7 Å². The number of imidazole rings is 1. The number of likely N-dealkylation sites (tertiary alicyclic amines) is 1. The number of carbonyl (C=O) groups excluding carboxylic acids is 1. The highest BCUT2D eigenvalue weighted by Crippen LogP contribution is 2.31. The van der Waals surface area contributed by atoms with E-state index in [0.29, 0.717) is 61.3 Å². The summed E-state index contributed by atoms with van der Waals surface area (Å²) in [6.07, 6.45) is 1.55. The van der Waals surface area contributed by atoms with Gasteiger partial charge in [0.1, 0.15) is 11.6 Å². The Labute approximate surface area is 234 Å². The molecule has 3 N–H and O–H groups in total. The first-order valence-corrected chi connectivity index (χ1v) is 14.0. The van der Waals surface area contributed by atoms with E-state index in [2.05, 4.69) is 15.3 Å². The molecule has 2 fully saturated rings. The molecule has 0 aliphatic carbocycles. The molecule has 2 aliphatic rings.